The fourth-order valence-corrected chi connectivity index (χ4v) is 10.4. The highest BCUT2D eigenvalue weighted by atomic mass is 32.2. The fourth-order valence-electron chi connectivity index (χ4n) is 9.43. The minimum absolute atomic E-state index is 0.0639. The van der Waals surface area contributed by atoms with Gasteiger partial charge in [-0.05, 0) is 127 Å². The van der Waals surface area contributed by atoms with Gasteiger partial charge in [-0.25, -0.2) is 4.79 Å². The predicted octanol–water partition coefficient (Wildman–Crippen LogP) is -5.26. The van der Waals surface area contributed by atoms with E-state index >= 15 is 0 Å². The highest BCUT2D eigenvalue weighted by Gasteiger charge is 2.41. The third-order valence-electron chi connectivity index (χ3n) is 14.3. The monoisotopic (exact) mass is 1360 g/mol. The number of thioether (sulfide) groups is 1. The van der Waals surface area contributed by atoms with E-state index in [4.69, 9.17) is 28.7 Å². The third-order valence-corrected chi connectivity index (χ3v) is 15.7. The van der Waals surface area contributed by atoms with E-state index in [1.54, 1.807) is 20.1 Å². The van der Waals surface area contributed by atoms with Crippen molar-refractivity contribution in [3.63, 3.8) is 0 Å². The van der Waals surface area contributed by atoms with Crippen molar-refractivity contribution in [1.29, 1.82) is 0 Å². The third kappa shape index (κ3) is 31.7. The maximum atomic E-state index is 14.1. The molecule has 1 saturated heterocycles. The van der Waals surface area contributed by atoms with Crippen LogP contribution in [0.15, 0.2) is 4.99 Å². The Morgan fingerprint density at radius 3 is 1.60 bits per heavy atom. The molecule has 0 aromatic heterocycles. The number of nitrogens with zero attached hydrogens (tertiary/aromatic N) is 2. The van der Waals surface area contributed by atoms with Crippen molar-refractivity contribution in [2.24, 2.45) is 45.5 Å². The number of aliphatic hydroxyl groups is 1. The van der Waals surface area contributed by atoms with Gasteiger partial charge in [-0.1, -0.05) is 27.7 Å². The Bertz CT molecular complexity index is 2480. The lowest BCUT2D eigenvalue weighted by molar-refractivity contribution is -0.143. The number of carbonyl (C=O) groups excluding carboxylic acids is 11. The van der Waals surface area contributed by atoms with E-state index in [2.05, 4.69) is 83.4 Å². The van der Waals surface area contributed by atoms with Gasteiger partial charge in [-0.3, -0.25) is 62.5 Å². The second-order valence-corrected chi connectivity index (χ2v) is 24.9. The quantitative estimate of drug-likeness (QED) is 0.0117. The zero-order valence-electron chi connectivity index (χ0n) is 53.4. The van der Waals surface area contributed by atoms with Crippen molar-refractivity contribution in [3.05, 3.63) is 0 Å². The van der Waals surface area contributed by atoms with Gasteiger partial charge >= 0.3 is 11.9 Å². The number of guanidine groups is 1. The van der Waals surface area contributed by atoms with E-state index in [9.17, 15) is 77.6 Å². The molecule has 0 aliphatic carbocycles. The standard InChI is InChI=1S/C56H101N17O16S3/c1-29(2)23-36(46(79)63-26-42(75)64-39(27-90)51(84)65-34(17-22-92-6)47(80)67-35(55(88)89)15-8-10-19-58)69-50(83)38(25-43(76)77)70-53(86)44(31(5)74)72-48(81)33(14-7-9-18-57)66-52(85)41-16-12-21-73(41)54(87)40(28-91)71-49(82)37(24-30(3)4)68-45(78)32(59)13-11-20-62-56(60)61/h29-41,44,74,90-91H,7-28,57-59H2,1-6H3,(H,63,79)(H,64,75)(H,65,84)(H,66,85)(H,67,80)(H,68,78)(H,69,83)(H,70,86)(H,71,82)(H,72,81)(H,76,77)(H,88,89)(H4,60,61,62)/t31-,32+,33+,34+,35+,36+,37+,38+,39+,40+,41+,44+/m1/s1. The first-order valence-electron chi connectivity index (χ1n) is 30.7. The summed E-state index contributed by atoms with van der Waals surface area (Å²) in [6, 6.07) is -15.1. The minimum atomic E-state index is -1.94. The molecule has 0 bridgehead atoms. The summed E-state index contributed by atoms with van der Waals surface area (Å²) in [5, 5.41) is 55.0. The van der Waals surface area contributed by atoms with Crippen LogP contribution in [0.3, 0.4) is 0 Å². The van der Waals surface area contributed by atoms with Crippen molar-refractivity contribution in [2.45, 2.75) is 197 Å². The Hall–Kier alpha value is -6.73. The van der Waals surface area contributed by atoms with E-state index in [-0.39, 0.29) is 100 Å². The molecule has 1 heterocycles. The highest BCUT2D eigenvalue weighted by molar-refractivity contribution is 7.98. The number of carbonyl (C=O) groups is 13. The van der Waals surface area contributed by atoms with Gasteiger partial charge < -0.3 is 102 Å². The summed E-state index contributed by atoms with van der Waals surface area (Å²) in [6.45, 7) is 8.18. The first-order valence-corrected chi connectivity index (χ1v) is 33.4. The van der Waals surface area contributed by atoms with Gasteiger partial charge in [-0.2, -0.15) is 37.0 Å². The van der Waals surface area contributed by atoms with E-state index in [1.165, 1.54) is 16.7 Å². The van der Waals surface area contributed by atoms with Gasteiger partial charge in [0.2, 0.25) is 65.0 Å². The minimum Gasteiger partial charge on any atom is -0.481 e. The summed E-state index contributed by atoms with van der Waals surface area (Å²) in [5.41, 5.74) is 28.1. The molecule has 1 rings (SSSR count). The SMILES string of the molecule is CSCC[C@H](NC(=O)[C@H](CS)NC(=O)CNC(=O)[C@H](CC(C)C)NC(=O)[C@H](CC(=O)O)NC(=O)[C@@H](NC(=O)[C@H](CCCCN)NC(=O)[C@@H]1CCCN1C(=O)[C@H](CS)NC(=O)[C@H](CC(C)C)NC(=O)[C@@H](N)CCCN=C(N)N)[C@@H](C)O)C(=O)N[C@@H](CCCCN)C(=O)O. The number of aliphatic hydroxyl groups excluding tert-OH is 1. The second kappa shape index (κ2) is 44.7. The fraction of sp³-hybridized carbons (Fsp3) is 0.750. The molecular formula is C56H101N17O16S3. The maximum absolute atomic E-state index is 14.1. The van der Waals surface area contributed by atoms with Gasteiger partial charge in [0.1, 0.15) is 60.4 Å². The van der Waals surface area contributed by atoms with Crippen molar-refractivity contribution in [1.82, 2.24) is 58.1 Å². The number of amides is 11. The lowest BCUT2D eigenvalue weighted by atomic mass is 10.0. The summed E-state index contributed by atoms with van der Waals surface area (Å²) in [6.07, 6.45) is 1.82. The molecule has 0 saturated carbocycles. The van der Waals surface area contributed by atoms with Crippen LogP contribution in [-0.4, -0.2) is 232 Å². The average Bonchev–Trinajstić information content (AvgIpc) is 1.97. The van der Waals surface area contributed by atoms with E-state index in [1.807, 2.05) is 13.8 Å². The molecule has 0 unspecified atom stereocenters. The molecule has 11 amide bonds. The number of aliphatic carboxylic acids is 2. The van der Waals surface area contributed by atoms with Gasteiger partial charge in [0.15, 0.2) is 5.96 Å². The normalized spacial score (nSPS) is 16.5. The van der Waals surface area contributed by atoms with Crippen LogP contribution in [0.25, 0.3) is 0 Å². The summed E-state index contributed by atoms with van der Waals surface area (Å²) < 4.78 is 0. The molecule has 12 atom stereocenters. The van der Waals surface area contributed by atoms with Crippen LogP contribution in [0.2, 0.25) is 0 Å². The molecule has 524 valence electrons. The van der Waals surface area contributed by atoms with Crippen LogP contribution in [0.4, 0.5) is 0 Å². The Balaban J connectivity index is 3.27. The molecule has 36 heteroatoms. The number of nitrogens with two attached hydrogens (primary N) is 5. The van der Waals surface area contributed by atoms with E-state index < -0.39 is 162 Å². The number of hydrogen-bond donors (Lipinski definition) is 20. The molecule has 0 spiro atoms. The lowest BCUT2D eigenvalue weighted by Crippen LogP contribution is -2.62. The number of hydrogen-bond acceptors (Lipinski definition) is 21. The molecule has 23 N–H and O–H groups in total. The Labute approximate surface area is 552 Å². The van der Waals surface area contributed by atoms with Crippen LogP contribution in [0.5, 0.6) is 0 Å². The van der Waals surface area contributed by atoms with Crippen molar-refractivity contribution >= 4 is 120 Å². The van der Waals surface area contributed by atoms with Crippen LogP contribution in [-0.2, 0) is 62.3 Å². The number of nitrogens with one attached hydrogen (secondary N) is 10. The number of likely N-dealkylation sites (tertiary alicyclic amines) is 1. The molecule has 92 heavy (non-hydrogen) atoms. The number of rotatable bonds is 46. The van der Waals surface area contributed by atoms with Crippen molar-refractivity contribution in [2.75, 3.05) is 56.2 Å². The van der Waals surface area contributed by atoms with Gasteiger partial charge in [-0.15, -0.1) is 0 Å². The lowest BCUT2D eigenvalue weighted by Gasteiger charge is -2.31. The molecule has 0 radical (unpaired) electrons. The first kappa shape index (κ1) is 83.3. The van der Waals surface area contributed by atoms with Crippen LogP contribution >= 0.6 is 37.0 Å². The number of carboxylic acids is 2. The molecule has 33 nitrogen and oxygen atoms in total. The molecule has 0 aromatic rings. The Morgan fingerprint density at radius 1 is 0.576 bits per heavy atom. The predicted molar refractivity (Wildman–Crippen MR) is 350 cm³/mol. The van der Waals surface area contributed by atoms with Crippen LogP contribution < -0.4 is 81.8 Å². The molecule has 1 aliphatic heterocycles. The van der Waals surface area contributed by atoms with Crippen LogP contribution in [0, 0.1) is 11.8 Å². The summed E-state index contributed by atoms with van der Waals surface area (Å²) in [5.74, 6) is -13.2. The zero-order valence-corrected chi connectivity index (χ0v) is 56.0. The molecule has 1 fully saturated rings. The van der Waals surface area contributed by atoms with E-state index in [0.717, 1.165) is 6.92 Å². The van der Waals surface area contributed by atoms with E-state index in [0.29, 0.717) is 44.4 Å². The van der Waals surface area contributed by atoms with Crippen LogP contribution in [0.1, 0.15) is 125 Å². The van der Waals surface area contributed by atoms with Gasteiger partial charge in [0, 0.05) is 24.6 Å². The highest BCUT2D eigenvalue weighted by Crippen LogP contribution is 2.21. The topological polar surface area (TPSA) is 549 Å². The summed E-state index contributed by atoms with van der Waals surface area (Å²) >= 11 is 9.85. The summed E-state index contributed by atoms with van der Waals surface area (Å²) in [7, 11) is 0. The van der Waals surface area contributed by atoms with Crippen molar-refractivity contribution < 1.29 is 77.6 Å². The second-order valence-electron chi connectivity index (χ2n) is 23.1. The molecular weight excluding hydrogens is 1260 g/mol. The Morgan fingerprint density at radius 2 is 1.07 bits per heavy atom. The molecule has 1 aliphatic rings. The average molecular weight is 1360 g/mol. The zero-order chi connectivity index (χ0) is 69.8. The largest absolute Gasteiger partial charge is 0.481 e. The number of carboxylic acid groups (broad SMARTS) is 2. The summed E-state index contributed by atoms with van der Waals surface area (Å²) in [4.78, 5) is 180. The number of aliphatic imine (C=N–C) groups is 1. The molecule has 0 aromatic carbocycles. The number of unbranched alkanes of at least 4 members (excludes halogenated alkanes) is 2. The van der Waals surface area contributed by atoms with Gasteiger partial charge in [0.25, 0.3) is 0 Å². The Kier molecular flexibility index (Phi) is 40.5. The smallest absolute Gasteiger partial charge is 0.326 e. The van der Waals surface area contributed by atoms with Crippen molar-refractivity contribution in [3.8, 4) is 0 Å². The van der Waals surface area contributed by atoms with Gasteiger partial charge in [0.05, 0.1) is 25.1 Å². The first-order chi connectivity index (χ1) is 43.3. The number of thiol groups is 2. The maximum Gasteiger partial charge on any atom is 0.326 e.